The van der Waals surface area contributed by atoms with Gasteiger partial charge in [0, 0.05) is 58.9 Å². The molecular formula is C17H33N9O4S. The van der Waals surface area contributed by atoms with Gasteiger partial charge in [-0.2, -0.15) is 27.7 Å². The maximum atomic E-state index is 12.1. The summed E-state index contributed by atoms with van der Waals surface area (Å²) in [5.41, 5.74) is 0. The van der Waals surface area contributed by atoms with Crippen LogP contribution < -0.4 is 20.3 Å². The van der Waals surface area contributed by atoms with Crippen LogP contribution in [0.5, 0.6) is 0 Å². The van der Waals surface area contributed by atoms with Crippen molar-refractivity contribution in [3.8, 4) is 0 Å². The van der Waals surface area contributed by atoms with E-state index in [9.17, 15) is 13.2 Å². The smallest absolute Gasteiger partial charge is 0.421 e. The highest BCUT2D eigenvalue weighted by Gasteiger charge is 2.28. The van der Waals surface area contributed by atoms with E-state index in [4.69, 9.17) is 0 Å². The van der Waals surface area contributed by atoms with Gasteiger partial charge in [-0.15, -0.1) is 0 Å². The van der Waals surface area contributed by atoms with Gasteiger partial charge < -0.3 is 20.3 Å². The molecule has 0 unspecified atom stereocenters. The average molecular weight is 460 g/mol. The Hall–Kier alpha value is -2.45. The van der Waals surface area contributed by atoms with Crippen molar-refractivity contribution in [1.29, 1.82) is 0 Å². The predicted octanol–water partition coefficient (Wildman–Crippen LogP) is -0.220. The molecule has 1 aromatic heterocycles. The molecule has 1 amide bonds. The number of ether oxygens (including phenoxy) is 1. The lowest BCUT2D eigenvalue weighted by atomic mass is 10.3. The number of aromatic nitrogens is 3. The van der Waals surface area contributed by atoms with Gasteiger partial charge in [0.2, 0.25) is 17.8 Å². The zero-order valence-electron chi connectivity index (χ0n) is 18.6. The maximum Gasteiger partial charge on any atom is 0.421 e. The summed E-state index contributed by atoms with van der Waals surface area (Å²) in [6.07, 6.45) is -0.995. The fourth-order valence-electron chi connectivity index (χ4n) is 3.06. The molecule has 0 spiro atoms. The number of nitrogens with zero attached hydrogens (tertiary/aromatic N) is 6. The van der Waals surface area contributed by atoms with E-state index in [1.165, 1.54) is 4.31 Å². The molecule has 1 aromatic rings. The van der Waals surface area contributed by atoms with Crippen molar-refractivity contribution in [3.05, 3.63) is 0 Å². The lowest BCUT2D eigenvalue weighted by Gasteiger charge is -2.33. The third-order valence-electron chi connectivity index (χ3n) is 4.78. The molecule has 2 heterocycles. The van der Waals surface area contributed by atoms with Crippen LogP contribution in [-0.4, -0.2) is 105 Å². The second-order valence-electron chi connectivity index (χ2n) is 6.75. The number of piperazine rings is 1. The first-order valence-corrected chi connectivity index (χ1v) is 11.8. The van der Waals surface area contributed by atoms with Crippen molar-refractivity contribution in [2.75, 3.05) is 81.5 Å². The zero-order chi connectivity index (χ0) is 22.9. The van der Waals surface area contributed by atoms with Gasteiger partial charge in [0.05, 0.1) is 7.11 Å². The SMILES string of the molecule is CCNc1nc(NCCN2CCN(S(=O)(=O)NC(=O)OC)CC2)nc(N(CC)CC)n1. The second kappa shape index (κ2) is 11.8. The van der Waals surface area contributed by atoms with Gasteiger partial charge in [0.15, 0.2) is 0 Å². The lowest BCUT2D eigenvalue weighted by molar-refractivity contribution is 0.173. The highest BCUT2D eigenvalue weighted by atomic mass is 32.2. The minimum atomic E-state index is -3.88. The van der Waals surface area contributed by atoms with Gasteiger partial charge in [-0.1, -0.05) is 0 Å². The van der Waals surface area contributed by atoms with Crippen LogP contribution in [0.4, 0.5) is 22.6 Å². The number of hydrogen-bond acceptors (Lipinski definition) is 11. The highest BCUT2D eigenvalue weighted by molar-refractivity contribution is 7.87. The number of carbonyl (C=O) groups is 1. The average Bonchev–Trinajstić information content (AvgIpc) is 2.75. The summed E-state index contributed by atoms with van der Waals surface area (Å²) in [7, 11) is -2.76. The minimum absolute atomic E-state index is 0.286. The van der Waals surface area contributed by atoms with Crippen molar-refractivity contribution in [3.63, 3.8) is 0 Å². The standard InChI is InChI=1S/C17H33N9O4S/c1-5-18-14-20-15(22-16(21-14)25(6-2)7-3)19-8-9-24-10-12-26(13-11-24)31(28,29)23-17(27)30-4/h5-13H2,1-4H3,(H,23,27)(H2,18,19,20,21,22). The fourth-order valence-corrected chi connectivity index (χ4v) is 4.13. The molecule has 0 aromatic carbocycles. The Kier molecular flexibility index (Phi) is 9.45. The molecule has 176 valence electrons. The molecule has 1 aliphatic rings. The largest absolute Gasteiger partial charge is 0.452 e. The first-order valence-electron chi connectivity index (χ1n) is 10.4. The van der Waals surface area contributed by atoms with Gasteiger partial charge in [-0.3, -0.25) is 4.90 Å². The third-order valence-corrected chi connectivity index (χ3v) is 6.25. The zero-order valence-corrected chi connectivity index (χ0v) is 19.4. The van der Waals surface area contributed by atoms with Crippen LogP contribution in [0.2, 0.25) is 0 Å². The van der Waals surface area contributed by atoms with E-state index < -0.39 is 16.3 Å². The van der Waals surface area contributed by atoms with E-state index in [0.717, 1.165) is 20.2 Å². The second-order valence-corrected chi connectivity index (χ2v) is 8.42. The number of rotatable bonds is 11. The van der Waals surface area contributed by atoms with Crippen LogP contribution in [0, 0.1) is 0 Å². The Morgan fingerprint density at radius 1 is 1.03 bits per heavy atom. The summed E-state index contributed by atoms with van der Waals surface area (Å²) < 4.78 is 31.7. The van der Waals surface area contributed by atoms with Crippen molar-refractivity contribution in [2.45, 2.75) is 20.8 Å². The van der Waals surface area contributed by atoms with E-state index in [1.807, 2.05) is 25.5 Å². The molecule has 0 aliphatic carbocycles. The van der Waals surface area contributed by atoms with Crippen LogP contribution in [0.3, 0.4) is 0 Å². The van der Waals surface area contributed by atoms with E-state index in [1.54, 1.807) is 0 Å². The number of methoxy groups -OCH3 is 1. The van der Waals surface area contributed by atoms with Crippen molar-refractivity contribution in [1.82, 2.24) is 28.9 Å². The molecular weight excluding hydrogens is 426 g/mol. The van der Waals surface area contributed by atoms with Crippen LogP contribution in [-0.2, 0) is 14.9 Å². The summed E-state index contributed by atoms with van der Waals surface area (Å²) in [6.45, 7) is 11.3. The quantitative estimate of drug-likeness (QED) is 0.404. The molecule has 1 saturated heterocycles. The first-order chi connectivity index (χ1) is 14.8. The van der Waals surface area contributed by atoms with Crippen LogP contribution in [0.15, 0.2) is 0 Å². The topological polar surface area (TPSA) is 145 Å². The normalized spacial score (nSPS) is 15.4. The van der Waals surface area contributed by atoms with Crippen LogP contribution >= 0.6 is 0 Å². The Labute approximate surface area is 183 Å². The van der Waals surface area contributed by atoms with E-state index >= 15 is 0 Å². The number of anilines is 3. The van der Waals surface area contributed by atoms with Crippen molar-refractivity contribution in [2.24, 2.45) is 0 Å². The van der Waals surface area contributed by atoms with Gasteiger partial charge in [-0.05, 0) is 20.8 Å². The summed E-state index contributed by atoms with van der Waals surface area (Å²) in [5.74, 6) is 1.64. The number of hydrogen-bond donors (Lipinski definition) is 3. The Bertz CT molecular complexity index is 812. The molecule has 0 bridgehead atoms. The molecule has 0 atom stereocenters. The van der Waals surface area contributed by atoms with Gasteiger partial charge in [0.25, 0.3) is 0 Å². The molecule has 14 heteroatoms. The molecule has 0 radical (unpaired) electrons. The van der Waals surface area contributed by atoms with E-state index in [2.05, 4.69) is 40.1 Å². The number of nitrogens with one attached hydrogen (secondary N) is 3. The highest BCUT2D eigenvalue weighted by Crippen LogP contribution is 2.13. The molecule has 31 heavy (non-hydrogen) atoms. The van der Waals surface area contributed by atoms with Crippen LogP contribution in [0.25, 0.3) is 0 Å². The number of amides is 1. The van der Waals surface area contributed by atoms with Gasteiger partial charge >= 0.3 is 16.3 Å². The summed E-state index contributed by atoms with van der Waals surface area (Å²) >= 11 is 0. The molecule has 13 nitrogen and oxygen atoms in total. The summed E-state index contributed by atoms with van der Waals surface area (Å²) in [6, 6.07) is 0. The van der Waals surface area contributed by atoms with Crippen molar-refractivity contribution >= 4 is 34.1 Å². The number of carbonyl (C=O) groups excluding carboxylic acids is 1. The predicted molar refractivity (Wildman–Crippen MR) is 119 cm³/mol. The van der Waals surface area contributed by atoms with E-state index in [-0.39, 0.29) is 13.1 Å². The molecule has 3 N–H and O–H groups in total. The minimum Gasteiger partial charge on any atom is -0.452 e. The molecule has 2 rings (SSSR count). The first kappa shape index (κ1) is 24.8. The van der Waals surface area contributed by atoms with Gasteiger partial charge in [-0.25, -0.2) is 9.52 Å². The molecule has 0 saturated carbocycles. The Balaban J connectivity index is 1.88. The summed E-state index contributed by atoms with van der Waals surface area (Å²) in [5, 5.41) is 6.36. The Morgan fingerprint density at radius 2 is 1.65 bits per heavy atom. The monoisotopic (exact) mass is 459 g/mol. The van der Waals surface area contributed by atoms with Gasteiger partial charge in [0.1, 0.15) is 0 Å². The summed E-state index contributed by atoms with van der Waals surface area (Å²) in [4.78, 5) is 28.8. The van der Waals surface area contributed by atoms with Crippen molar-refractivity contribution < 1.29 is 17.9 Å². The lowest BCUT2D eigenvalue weighted by Crippen LogP contribution is -2.53. The molecule has 1 aliphatic heterocycles. The molecule has 1 fully saturated rings. The third kappa shape index (κ3) is 7.33. The van der Waals surface area contributed by atoms with Crippen LogP contribution in [0.1, 0.15) is 20.8 Å². The Morgan fingerprint density at radius 3 is 2.19 bits per heavy atom. The maximum absolute atomic E-state index is 12.1. The van der Waals surface area contributed by atoms with E-state index in [0.29, 0.717) is 50.6 Å². The fraction of sp³-hybridized carbons (Fsp3) is 0.765.